The summed E-state index contributed by atoms with van der Waals surface area (Å²) in [6.45, 7) is 7.45. The fraction of sp³-hybridized carbons (Fsp3) is 0.294. The number of benzene rings is 4. The lowest BCUT2D eigenvalue weighted by atomic mass is 10.3. The molecule has 0 fully saturated rings. The fourth-order valence-electron chi connectivity index (χ4n) is 4.19. The zero-order valence-corrected chi connectivity index (χ0v) is 23.1. The molecule has 4 aromatic rings. The van der Waals surface area contributed by atoms with Gasteiger partial charge in [-0.1, -0.05) is 72.8 Å². The zero-order valence-electron chi connectivity index (χ0n) is 23.1. The molecule has 6 heteroatoms. The molecule has 0 N–H and O–H groups in total. The summed E-state index contributed by atoms with van der Waals surface area (Å²) in [5, 5.41) is 0. The molecule has 0 amide bonds. The second-order valence-electron chi connectivity index (χ2n) is 9.33. The zero-order chi connectivity index (χ0) is 27.5. The van der Waals surface area contributed by atoms with Crippen LogP contribution in [0.25, 0.3) is 0 Å². The van der Waals surface area contributed by atoms with Crippen LogP contribution in [-0.4, -0.2) is 75.5 Å². The summed E-state index contributed by atoms with van der Waals surface area (Å²) in [6, 6.07) is 39.9. The van der Waals surface area contributed by atoms with E-state index >= 15 is 0 Å². The normalized spacial score (nSPS) is 10.9. The van der Waals surface area contributed by atoms with Crippen molar-refractivity contribution in [1.29, 1.82) is 0 Å². The van der Waals surface area contributed by atoms with Crippen LogP contribution >= 0.6 is 0 Å². The van der Waals surface area contributed by atoms with E-state index in [1.54, 1.807) is 0 Å². The number of nitrogens with zero attached hydrogens (tertiary/aromatic N) is 2. The molecular weight excluding hydrogens is 500 g/mol. The Kier molecular flexibility index (Phi) is 12.7. The van der Waals surface area contributed by atoms with Gasteiger partial charge in [0.05, 0.1) is 0 Å². The standard InChI is InChI=1S/C34H40N2O4/c1-5-13-31(14-6-1)37-27-23-35(24-28-38-32-15-7-2-8-16-32)21-22-36(25-29-39-33-17-9-3-10-18-33)26-30-40-34-19-11-4-12-20-34/h1-20H,21-30H2. The molecule has 4 aromatic carbocycles. The Morgan fingerprint density at radius 1 is 0.300 bits per heavy atom. The van der Waals surface area contributed by atoms with Crippen molar-refractivity contribution in [1.82, 2.24) is 9.80 Å². The molecule has 0 unspecified atom stereocenters. The van der Waals surface area contributed by atoms with Gasteiger partial charge in [-0.05, 0) is 48.5 Å². The molecule has 40 heavy (non-hydrogen) atoms. The highest BCUT2D eigenvalue weighted by molar-refractivity contribution is 5.22. The second-order valence-corrected chi connectivity index (χ2v) is 9.33. The highest BCUT2D eigenvalue weighted by Crippen LogP contribution is 2.11. The fourth-order valence-corrected chi connectivity index (χ4v) is 4.19. The number of ether oxygens (including phenoxy) is 4. The lowest BCUT2D eigenvalue weighted by Crippen LogP contribution is -2.41. The van der Waals surface area contributed by atoms with Crippen molar-refractivity contribution in [3.8, 4) is 23.0 Å². The van der Waals surface area contributed by atoms with Gasteiger partial charge in [0.15, 0.2) is 0 Å². The Morgan fingerprint density at radius 2 is 0.525 bits per heavy atom. The van der Waals surface area contributed by atoms with Gasteiger partial charge in [-0.15, -0.1) is 0 Å². The second kappa shape index (κ2) is 17.6. The first-order valence-electron chi connectivity index (χ1n) is 14.0. The van der Waals surface area contributed by atoms with E-state index in [4.69, 9.17) is 18.9 Å². The monoisotopic (exact) mass is 540 g/mol. The molecular formula is C34H40N2O4. The van der Waals surface area contributed by atoms with Crippen molar-refractivity contribution >= 4 is 0 Å². The van der Waals surface area contributed by atoms with Crippen LogP contribution < -0.4 is 18.9 Å². The lowest BCUT2D eigenvalue weighted by Gasteiger charge is -2.28. The summed E-state index contributed by atoms with van der Waals surface area (Å²) < 4.78 is 24.0. The van der Waals surface area contributed by atoms with Crippen LogP contribution in [0.4, 0.5) is 0 Å². The molecule has 0 atom stereocenters. The molecule has 4 rings (SSSR count). The maximum atomic E-state index is 6.00. The highest BCUT2D eigenvalue weighted by Gasteiger charge is 2.12. The predicted octanol–water partition coefficient (Wildman–Crippen LogP) is 5.91. The van der Waals surface area contributed by atoms with Gasteiger partial charge in [0.1, 0.15) is 49.4 Å². The van der Waals surface area contributed by atoms with Gasteiger partial charge in [0.25, 0.3) is 0 Å². The molecule has 0 saturated heterocycles. The van der Waals surface area contributed by atoms with E-state index in [9.17, 15) is 0 Å². The Morgan fingerprint density at radius 3 is 0.750 bits per heavy atom. The topological polar surface area (TPSA) is 43.4 Å². The van der Waals surface area contributed by atoms with Crippen LogP contribution in [0.3, 0.4) is 0 Å². The minimum Gasteiger partial charge on any atom is -0.492 e. The van der Waals surface area contributed by atoms with Crippen molar-refractivity contribution in [2.24, 2.45) is 0 Å². The first kappa shape index (κ1) is 29.0. The smallest absolute Gasteiger partial charge is 0.119 e. The largest absolute Gasteiger partial charge is 0.492 e. The Hall–Kier alpha value is -4.00. The number of para-hydroxylation sites is 4. The Balaban J connectivity index is 1.29. The summed E-state index contributed by atoms with van der Waals surface area (Å²) >= 11 is 0. The Labute approximate surface area is 238 Å². The molecule has 0 bridgehead atoms. The number of hydrogen-bond acceptors (Lipinski definition) is 6. The summed E-state index contributed by atoms with van der Waals surface area (Å²) in [5.74, 6) is 3.56. The van der Waals surface area contributed by atoms with Crippen LogP contribution in [0.2, 0.25) is 0 Å². The first-order chi connectivity index (χ1) is 19.8. The van der Waals surface area contributed by atoms with Crippen LogP contribution in [0.1, 0.15) is 0 Å². The molecule has 0 saturated carbocycles. The van der Waals surface area contributed by atoms with E-state index in [1.165, 1.54) is 0 Å². The maximum Gasteiger partial charge on any atom is 0.119 e. The van der Waals surface area contributed by atoms with Crippen LogP contribution in [-0.2, 0) is 0 Å². The van der Waals surface area contributed by atoms with E-state index in [0.29, 0.717) is 26.4 Å². The van der Waals surface area contributed by atoms with E-state index < -0.39 is 0 Å². The maximum absolute atomic E-state index is 6.00. The SMILES string of the molecule is c1ccc(OCCN(CCOc2ccccc2)CCN(CCOc2ccccc2)CCOc2ccccc2)cc1. The molecule has 6 nitrogen and oxygen atoms in total. The third-order valence-corrected chi connectivity index (χ3v) is 6.41. The van der Waals surface area contributed by atoms with E-state index in [2.05, 4.69) is 9.80 Å². The average Bonchev–Trinajstić information content (AvgIpc) is 3.01. The molecule has 0 aliphatic carbocycles. The summed E-state index contributed by atoms with van der Waals surface area (Å²) in [4.78, 5) is 4.80. The van der Waals surface area contributed by atoms with Crippen LogP contribution in [0, 0.1) is 0 Å². The predicted molar refractivity (Wildman–Crippen MR) is 161 cm³/mol. The van der Waals surface area contributed by atoms with Gasteiger partial charge in [-0.2, -0.15) is 0 Å². The Bertz CT molecular complexity index is 978. The highest BCUT2D eigenvalue weighted by atomic mass is 16.5. The molecule has 210 valence electrons. The average molecular weight is 541 g/mol. The minimum absolute atomic E-state index is 0.615. The van der Waals surface area contributed by atoms with Gasteiger partial charge in [0, 0.05) is 39.3 Å². The van der Waals surface area contributed by atoms with Gasteiger partial charge in [0.2, 0.25) is 0 Å². The number of hydrogen-bond donors (Lipinski definition) is 0. The summed E-state index contributed by atoms with van der Waals surface area (Å²) in [6.07, 6.45) is 0. The summed E-state index contributed by atoms with van der Waals surface area (Å²) in [5.41, 5.74) is 0. The van der Waals surface area contributed by atoms with Crippen molar-refractivity contribution in [2.45, 2.75) is 0 Å². The third-order valence-electron chi connectivity index (χ3n) is 6.41. The number of rotatable bonds is 19. The summed E-state index contributed by atoms with van der Waals surface area (Å²) in [7, 11) is 0. The van der Waals surface area contributed by atoms with Crippen LogP contribution in [0.5, 0.6) is 23.0 Å². The van der Waals surface area contributed by atoms with Gasteiger partial charge >= 0.3 is 0 Å². The van der Waals surface area contributed by atoms with Crippen molar-refractivity contribution < 1.29 is 18.9 Å². The molecule has 0 aromatic heterocycles. The van der Waals surface area contributed by atoms with Gasteiger partial charge < -0.3 is 18.9 Å². The quantitative estimate of drug-likeness (QED) is 0.147. The van der Waals surface area contributed by atoms with E-state index in [0.717, 1.165) is 62.3 Å². The molecule has 0 aliphatic heterocycles. The van der Waals surface area contributed by atoms with Crippen molar-refractivity contribution in [3.63, 3.8) is 0 Å². The molecule has 0 aliphatic rings. The molecule has 0 radical (unpaired) electrons. The van der Waals surface area contributed by atoms with Crippen molar-refractivity contribution in [3.05, 3.63) is 121 Å². The van der Waals surface area contributed by atoms with Crippen LogP contribution in [0.15, 0.2) is 121 Å². The van der Waals surface area contributed by atoms with Gasteiger partial charge in [-0.3, -0.25) is 9.80 Å². The lowest BCUT2D eigenvalue weighted by molar-refractivity contribution is 0.134. The molecule has 0 heterocycles. The van der Waals surface area contributed by atoms with Gasteiger partial charge in [-0.25, -0.2) is 0 Å². The molecule has 0 spiro atoms. The van der Waals surface area contributed by atoms with E-state index in [1.807, 2.05) is 121 Å². The first-order valence-corrected chi connectivity index (χ1v) is 14.0. The third kappa shape index (κ3) is 11.4. The van der Waals surface area contributed by atoms with E-state index in [-0.39, 0.29) is 0 Å². The minimum atomic E-state index is 0.615. The van der Waals surface area contributed by atoms with Crippen molar-refractivity contribution in [2.75, 3.05) is 65.7 Å².